The molecule has 1 saturated heterocycles. The molecule has 3 aromatic heterocycles. The SMILES string of the molecule is Cc1nc2nc(N3CCO[C@H](c4cnn(C)c4)C3)nc([C@H]3C[C@@H](C(F)F)C3)c2nc1C. The van der Waals surface area contributed by atoms with E-state index < -0.39 is 12.3 Å². The van der Waals surface area contributed by atoms with E-state index in [-0.39, 0.29) is 12.0 Å². The van der Waals surface area contributed by atoms with Crippen molar-refractivity contribution in [3.05, 3.63) is 35.0 Å². The van der Waals surface area contributed by atoms with Crippen molar-refractivity contribution < 1.29 is 13.5 Å². The first-order valence-corrected chi connectivity index (χ1v) is 10.5. The molecule has 0 spiro atoms. The van der Waals surface area contributed by atoms with Gasteiger partial charge in [0.2, 0.25) is 12.4 Å². The average molecular weight is 429 g/mol. The third kappa shape index (κ3) is 3.73. The third-order valence-corrected chi connectivity index (χ3v) is 6.32. The van der Waals surface area contributed by atoms with Gasteiger partial charge in [-0.15, -0.1) is 0 Å². The summed E-state index contributed by atoms with van der Waals surface area (Å²) >= 11 is 0. The predicted molar refractivity (Wildman–Crippen MR) is 110 cm³/mol. The molecule has 2 aliphatic rings. The minimum Gasteiger partial charge on any atom is -0.370 e. The van der Waals surface area contributed by atoms with Gasteiger partial charge in [-0.2, -0.15) is 10.1 Å². The third-order valence-electron chi connectivity index (χ3n) is 6.32. The van der Waals surface area contributed by atoms with Crippen LogP contribution in [0.1, 0.15) is 47.5 Å². The molecular formula is C21H25F2N7O. The highest BCUT2D eigenvalue weighted by molar-refractivity contribution is 5.75. The molecule has 1 aliphatic heterocycles. The highest BCUT2D eigenvalue weighted by Gasteiger charge is 2.39. The van der Waals surface area contributed by atoms with Crippen LogP contribution < -0.4 is 4.90 Å². The van der Waals surface area contributed by atoms with E-state index in [0.29, 0.717) is 49.7 Å². The van der Waals surface area contributed by atoms with E-state index in [9.17, 15) is 8.78 Å². The minimum absolute atomic E-state index is 0.0465. The van der Waals surface area contributed by atoms with Crippen molar-refractivity contribution in [2.24, 2.45) is 13.0 Å². The smallest absolute Gasteiger partial charge is 0.241 e. The quantitative estimate of drug-likeness (QED) is 0.630. The monoisotopic (exact) mass is 429 g/mol. The molecule has 1 atom stereocenters. The van der Waals surface area contributed by atoms with Crippen molar-refractivity contribution in [1.82, 2.24) is 29.7 Å². The number of rotatable bonds is 4. The lowest BCUT2D eigenvalue weighted by Crippen LogP contribution is -2.39. The Morgan fingerprint density at radius 3 is 2.58 bits per heavy atom. The molecule has 2 fully saturated rings. The van der Waals surface area contributed by atoms with Crippen LogP contribution in [-0.2, 0) is 11.8 Å². The minimum atomic E-state index is -2.29. The van der Waals surface area contributed by atoms with Gasteiger partial charge in [-0.25, -0.2) is 23.7 Å². The van der Waals surface area contributed by atoms with Gasteiger partial charge in [0.15, 0.2) is 5.65 Å². The lowest BCUT2D eigenvalue weighted by molar-refractivity contribution is 0.0220. The summed E-state index contributed by atoms with van der Waals surface area (Å²) in [4.78, 5) is 20.9. The number of fused-ring (bicyclic) bond motifs is 1. The topological polar surface area (TPSA) is 81.9 Å². The summed E-state index contributed by atoms with van der Waals surface area (Å²) in [5, 5.41) is 4.23. The highest BCUT2D eigenvalue weighted by Crippen LogP contribution is 2.45. The number of anilines is 1. The molecule has 0 N–H and O–H groups in total. The van der Waals surface area contributed by atoms with E-state index in [0.717, 1.165) is 22.6 Å². The average Bonchev–Trinajstić information content (AvgIpc) is 3.14. The maximum absolute atomic E-state index is 13.1. The van der Waals surface area contributed by atoms with Crippen LogP contribution in [0.15, 0.2) is 12.4 Å². The molecule has 31 heavy (non-hydrogen) atoms. The van der Waals surface area contributed by atoms with Gasteiger partial charge in [0.1, 0.15) is 11.6 Å². The van der Waals surface area contributed by atoms with Crippen LogP contribution >= 0.6 is 0 Å². The maximum Gasteiger partial charge on any atom is 0.241 e. The van der Waals surface area contributed by atoms with Crippen molar-refractivity contribution in [3.8, 4) is 0 Å². The van der Waals surface area contributed by atoms with Gasteiger partial charge in [-0.05, 0) is 26.7 Å². The van der Waals surface area contributed by atoms with E-state index >= 15 is 0 Å². The molecule has 164 valence electrons. The van der Waals surface area contributed by atoms with Crippen molar-refractivity contribution in [2.45, 2.75) is 45.1 Å². The lowest BCUT2D eigenvalue weighted by Gasteiger charge is -2.36. The number of aryl methyl sites for hydroxylation is 3. The number of halogens is 2. The Hall–Kier alpha value is -2.75. The van der Waals surface area contributed by atoms with E-state index in [1.54, 1.807) is 10.9 Å². The fourth-order valence-corrected chi connectivity index (χ4v) is 4.28. The summed E-state index contributed by atoms with van der Waals surface area (Å²) in [5.74, 6) is -0.0659. The number of aromatic nitrogens is 6. The van der Waals surface area contributed by atoms with Gasteiger partial charge in [-0.1, -0.05) is 0 Å². The Morgan fingerprint density at radius 2 is 1.87 bits per heavy atom. The fraction of sp³-hybridized carbons (Fsp3) is 0.571. The second-order valence-corrected chi connectivity index (χ2v) is 8.49. The number of alkyl halides is 2. The molecule has 10 heteroatoms. The summed E-state index contributed by atoms with van der Waals surface area (Å²) in [5.41, 5.74) is 4.49. The first-order chi connectivity index (χ1) is 14.9. The predicted octanol–water partition coefficient (Wildman–Crippen LogP) is 3.11. The van der Waals surface area contributed by atoms with Crippen LogP contribution in [-0.4, -0.2) is 55.8 Å². The summed E-state index contributed by atoms with van der Waals surface area (Å²) in [6.45, 7) is 5.55. The van der Waals surface area contributed by atoms with Crippen molar-refractivity contribution in [2.75, 3.05) is 24.6 Å². The van der Waals surface area contributed by atoms with Crippen LogP contribution in [0.25, 0.3) is 11.2 Å². The molecule has 5 rings (SSSR count). The molecule has 0 bridgehead atoms. The molecule has 0 aromatic carbocycles. The van der Waals surface area contributed by atoms with Crippen molar-refractivity contribution in [1.29, 1.82) is 0 Å². The number of hydrogen-bond donors (Lipinski definition) is 0. The van der Waals surface area contributed by atoms with Crippen LogP contribution in [0, 0.1) is 19.8 Å². The molecule has 3 aromatic rings. The molecule has 8 nitrogen and oxygen atoms in total. The summed E-state index contributed by atoms with van der Waals surface area (Å²) in [6.07, 6.45) is 2.15. The Morgan fingerprint density at radius 1 is 1.10 bits per heavy atom. The first-order valence-electron chi connectivity index (χ1n) is 10.5. The van der Waals surface area contributed by atoms with Gasteiger partial charge in [-0.3, -0.25) is 4.68 Å². The number of nitrogens with zero attached hydrogens (tertiary/aromatic N) is 7. The molecule has 0 amide bonds. The molecule has 0 radical (unpaired) electrons. The first kappa shape index (κ1) is 20.2. The van der Waals surface area contributed by atoms with Gasteiger partial charge in [0.25, 0.3) is 0 Å². The van der Waals surface area contributed by atoms with E-state index in [2.05, 4.69) is 20.0 Å². The second-order valence-electron chi connectivity index (χ2n) is 8.49. The molecule has 1 saturated carbocycles. The zero-order chi connectivity index (χ0) is 21.7. The van der Waals surface area contributed by atoms with Gasteiger partial charge >= 0.3 is 0 Å². The zero-order valence-electron chi connectivity index (χ0n) is 17.8. The van der Waals surface area contributed by atoms with Gasteiger partial charge < -0.3 is 9.64 Å². The second kappa shape index (κ2) is 7.74. The molecular weight excluding hydrogens is 404 g/mol. The van der Waals surface area contributed by atoms with Crippen LogP contribution in [0.5, 0.6) is 0 Å². The number of morpholine rings is 1. The lowest BCUT2D eigenvalue weighted by atomic mass is 9.73. The van der Waals surface area contributed by atoms with E-state index in [1.165, 1.54) is 0 Å². The Bertz CT molecular complexity index is 1110. The van der Waals surface area contributed by atoms with E-state index in [1.807, 2.05) is 27.1 Å². The van der Waals surface area contributed by atoms with Crippen molar-refractivity contribution in [3.63, 3.8) is 0 Å². The van der Waals surface area contributed by atoms with Crippen LogP contribution in [0.2, 0.25) is 0 Å². The standard InChI is InChI=1S/C21H25F2N7O/c1-11-12(2)26-20-18(25-11)17(13-6-14(7-13)19(22)23)27-21(28-20)30-4-5-31-16(10-30)15-8-24-29(3)9-15/h8-9,13-14,16,19H,4-7,10H2,1-3H3/t13-,14+,16-/m0/s1. The summed E-state index contributed by atoms with van der Waals surface area (Å²) < 4.78 is 33.9. The number of hydrogen-bond acceptors (Lipinski definition) is 7. The van der Waals surface area contributed by atoms with Crippen LogP contribution in [0.3, 0.4) is 0 Å². The Labute approximate surface area is 178 Å². The summed E-state index contributed by atoms with van der Waals surface area (Å²) in [6, 6.07) is 0. The van der Waals surface area contributed by atoms with Gasteiger partial charge in [0.05, 0.1) is 36.4 Å². The molecule has 4 heterocycles. The van der Waals surface area contributed by atoms with Crippen molar-refractivity contribution >= 4 is 17.1 Å². The maximum atomic E-state index is 13.1. The largest absolute Gasteiger partial charge is 0.370 e. The van der Waals surface area contributed by atoms with Gasteiger partial charge in [0, 0.05) is 37.2 Å². The summed E-state index contributed by atoms with van der Waals surface area (Å²) in [7, 11) is 1.87. The Balaban J connectivity index is 1.50. The Kier molecular flexibility index (Phi) is 5.04. The fourth-order valence-electron chi connectivity index (χ4n) is 4.28. The number of ether oxygens (including phenoxy) is 1. The highest BCUT2D eigenvalue weighted by atomic mass is 19.3. The molecule has 1 aliphatic carbocycles. The molecule has 0 unspecified atom stereocenters. The van der Waals surface area contributed by atoms with E-state index in [4.69, 9.17) is 14.7 Å². The normalized spacial score (nSPS) is 24.1. The zero-order valence-corrected chi connectivity index (χ0v) is 17.8. The van der Waals surface area contributed by atoms with Crippen LogP contribution in [0.4, 0.5) is 14.7 Å².